The van der Waals surface area contributed by atoms with Crippen molar-refractivity contribution < 1.29 is 8.42 Å². The molecule has 1 aliphatic rings. The van der Waals surface area contributed by atoms with Gasteiger partial charge in [0, 0.05) is 31.6 Å². The van der Waals surface area contributed by atoms with Crippen molar-refractivity contribution in [2.24, 2.45) is 5.92 Å². The zero-order valence-electron chi connectivity index (χ0n) is 13.0. The van der Waals surface area contributed by atoms with E-state index >= 15 is 0 Å². The highest BCUT2D eigenvalue weighted by molar-refractivity contribution is 7.90. The van der Waals surface area contributed by atoms with Gasteiger partial charge in [0.15, 0.2) is 9.84 Å². The summed E-state index contributed by atoms with van der Waals surface area (Å²) in [4.78, 5) is 6.79. The SMILES string of the molecule is CCNC(C)C1CCCN(c2ncccc2S(C)(=O)=O)C1. The van der Waals surface area contributed by atoms with E-state index in [1.165, 1.54) is 12.7 Å². The molecule has 21 heavy (non-hydrogen) atoms. The lowest BCUT2D eigenvalue weighted by molar-refractivity contribution is 0.322. The number of piperidine rings is 1. The van der Waals surface area contributed by atoms with E-state index in [1.807, 2.05) is 0 Å². The van der Waals surface area contributed by atoms with E-state index in [1.54, 1.807) is 18.3 Å². The summed E-state index contributed by atoms with van der Waals surface area (Å²) in [5.74, 6) is 1.13. The molecule has 0 aliphatic carbocycles. The van der Waals surface area contributed by atoms with Crippen LogP contribution < -0.4 is 10.2 Å². The largest absolute Gasteiger partial charge is 0.355 e. The Morgan fingerprint density at radius 1 is 1.52 bits per heavy atom. The normalized spacial score (nSPS) is 21.3. The van der Waals surface area contributed by atoms with Gasteiger partial charge in [-0.1, -0.05) is 6.92 Å². The number of aromatic nitrogens is 1. The first-order valence-corrected chi connectivity index (χ1v) is 9.46. The third-order valence-corrected chi connectivity index (χ3v) is 5.26. The summed E-state index contributed by atoms with van der Waals surface area (Å²) in [6.45, 7) is 6.99. The Hall–Kier alpha value is -1.14. The van der Waals surface area contributed by atoms with Crippen LogP contribution in [0.25, 0.3) is 0 Å². The molecule has 2 rings (SSSR count). The molecule has 2 unspecified atom stereocenters. The van der Waals surface area contributed by atoms with Crippen molar-refractivity contribution in [3.05, 3.63) is 18.3 Å². The molecule has 0 radical (unpaired) electrons. The molecule has 0 amide bonds. The minimum absolute atomic E-state index is 0.335. The van der Waals surface area contributed by atoms with Gasteiger partial charge in [0.2, 0.25) is 0 Å². The smallest absolute Gasteiger partial charge is 0.179 e. The molecule has 5 nitrogen and oxygen atoms in total. The molecule has 0 aromatic carbocycles. The standard InChI is InChI=1S/C15H25N3O2S/c1-4-16-12(2)13-7-6-10-18(11-13)15-14(21(3,19)20)8-5-9-17-15/h5,8-9,12-13,16H,4,6-7,10-11H2,1-3H3. The molecule has 6 heteroatoms. The van der Waals surface area contributed by atoms with Crippen molar-refractivity contribution in [2.75, 3.05) is 30.8 Å². The fourth-order valence-corrected chi connectivity index (χ4v) is 3.85. The summed E-state index contributed by atoms with van der Waals surface area (Å²) in [7, 11) is -3.25. The van der Waals surface area contributed by atoms with E-state index in [9.17, 15) is 8.42 Å². The average molecular weight is 311 g/mol. The third kappa shape index (κ3) is 3.95. The number of pyridine rings is 1. The second-order valence-corrected chi connectivity index (χ2v) is 7.78. The first kappa shape index (κ1) is 16.2. The predicted octanol–water partition coefficient (Wildman–Crippen LogP) is 1.70. The van der Waals surface area contributed by atoms with E-state index in [0.29, 0.717) is 22.7 Å². The van der Waals surface area contributed by atoms with Crippen LogP contribution in [0.1, 0.15) is 26.7 Å². The van der Waals surface area contributed by atoms with Crippen molar-refractivity contribution in [2.45, 2.75) is 37.6 Å². The maximum atomic E-state index is 11.9. The maximum absolute atomic E-state index is 11.9. The molecular formula is C15H25N3O2S. The van der Waals surface area contributed by atoms with Crippen LogP contribution in [0.2, 0.25) is 0 Å². The van der Waals surface area contributed by atoms with Gasteiger partial charge < -0.3 is 10.2 Å². The summed E-state index contributed by atoms with van der Waals surface area (Å²) < 4.78 is 23.9. The van der Waals surface area contributed by atoms with Gasteiger partial charge in [-0.25, -0.2) is 13.4 Å². The quantitative estimate of drug-likeness (QED) is 0.897. The molecule has 1 N–H and O–H groups in total. The minimum Gasteiger partial charge on any atom is -0.355 e. The van der Waals surface area contributed by atoms with Crippen LogP contribution in [0.5, 0.6) is 0 Å². The predicted molar refractivity (Wildman–Crippen MR) is 85.4 cm³/mol. The number of anilines is 1. The Kier molecular flexibility index (Phi) is 5.22. The lowest BCUT2D eigenvalue weighted by Crippen LogP contribution is -2.45. The van der Waals surface area contributed by atoms with Crippen molar-refractivity contribution in [3.8, 4) is 0 Å². The summed E-state index contributed by atoms with van der Waals surface area (Å²) in [6, 6.07) is 3.76. The molecule has 0 saturated carbocycles. The third-order valence-electron chi connectivity index (χ3n) is 4.14. The van der Waals surface area contributed by atoms with Gasteiger partial charge in [0.05, 0.1) is 0 Å². The molecule has 2 heterocycles. The van der Waals surface area contributed by atoms with E-state index in [0.717, 1.165) is 26.1 Å². The van der Waals surface area contributed by atoms with Crippen LogP contribution in [0.15, 0.2) is 23.2 Å². The Labute approximate surface area is 127 Å². The summed E-state index contributed by atoms with van der Waals surface area (Å²) in [6.07, 6.45) is 5.16. The highest BCUT2D eigenvalue weighted by Crippen LogP contribution is 2.28. The monoisotopic (exact) mass is 311 g/mol. The number of hydrogen-bond donors (Lipinski definition) is 1. The minimum atomic E-state index is -3.25. The fourth-order valence-electron chi connectivity index (χ4n) is 3.01. The number of sulfone groups is 1. The van der Waals surface area contributed by atoms with Crippen LogP contribution in [-0.2, 0) is 9.84 Å². The van der Waals surface area contributed by atoms with Gasteiger partial charge in [0.1, 0.15) is 10.7 Å². The molecule has 2 atom stereocenters. The first-order valence-electron chi connectivity index (χ1n) is 7.57. The Bertz CT molecular complexity index is 574. The number of nitrogens with zero attached hydrogens (tertiary/aromatic N) is 2. The van der Waals surface area contributed by atoms with E-state index in [-0.39, 0.29) is 0 Å². The van der Waals surface area contributed by atoms with Crippen LogP contribution in [-0.4, -0.2) is 45.3 Å². The van der Waals surface area contributed by atoms with Crippen LogP contribution in [0, 0.1) is 5.92 Å². The number of hydrogen-bond acceptors (Lipinski definition) is 5. The molecule has 118 valence electrons. The van der Waals surface area contributed by atoms with Crippen molar-refractivity contribution >= 4 is 15.7 Å². The lowest BCUT2D eigenvalue weighted by Gasteiger charge is -2.37. The number of nitrogens with one attached hydrogen (secondary N) is 1. The van der Waals surface area contributed by atoms with Gasteiger partial charge in [-0.15, -0.1) is 0 Å². The van der Waals surface area contributed by atoms with Gasteiger partial charge in [-0.05, 0) is 44.4 Å². The van der Waals surface area contributed by atoms with Gasteiger partial charge in [0.25, 0.3) is 0 Å². The summed E-state index contributed by atoms with van der Waals surface area (Å²) in [5, 5.41) is 3.47. The molecule has 1 aromatic rings. The topological polar surface area (TPSA) is 62.3 Å². The van der Waals surface area contributed by atoms with E-state index in [2.05, 4.69) is 29.0 Å². The molecule has 1 saturated heterocycles. The fraction of sp³-hybridized carbons (Fsp3) is 0.667. The van der Waals surface area contributed by atoms with Gasteiger partial charge in [-0.3, -0.25) is 0 Å². The van der Waals surface area contributed by atoms with E-state index < -0.39 is 9.84 Å². The van der Waals surface area contributed by atoms with E-state index in [4.69, 9.17) is 0 Å². The van der Waals surface area contributed by atoms with Crippen molar-refractivity contribution in [1.29, 1.82) is 0 Å². The summed E-state index contributed by atoms with van der Waals surface area (Å²) >= 11 is 0. The molecule has 1 aliphatic heterocycles. The zero-order chi connectivity index (χ0) is 15.5. The Morgan fingerprint density at radius 2 is 2.29 bits per heavy atom. The van der Waals surface area contributed by atoms with Crippen LogP contribution >= 0.6 is 0 Å². The maximum Gasteiger partial charge on any atom is 0.179 e. The highest BCUT2D eigenvalue weighted by atomic mass is 32.2. The molecule has 0 bridgehead atoms. The van der Waals surface area contributed by atoms with Crippen molar-refractivity contribution in [3.63, 3.8) is 0 Å². The Balaban J connectivity index is 2.23. The summed E-state index contributed by atoms with van der Waals surface area (Å²) in [5.41, 5.74) is 0. The van der Waals surface area contributed by atoms with Gasteiger partial charge >= 0.3 is 0 Å². The number of rotatable bonds is 5. The first-order chi connectivity index (χ1) is 9.93. The average Bonchev–Trinajstić information content (AvgIpc) is 2.47. The van der Waals surface area contributed by atoms with Crippen LogP contribution in [0.4, 0.5) is 5.82 Å². The second-order valence-electron chi connectivity index (χ2n) is 5.79. The molecular weight excluding hydrogens is 286 g/mol. The molecule has 1 fully saturated rings. The zero-order valence-corrected chi connectivity index (χ0v) is 13.9. The second kappa shape index (κ2) is 6.75. The lowest BCUT2D eigenvalue weighted by atomic mass is 9.91. The molecule has 1 aromatic heterocycles. The molecule has 0 spiro atoms. The van der Waals surface area contributed by atoms with Gasteiger partial charge in [-0.2, -0.15) is 0 Å². The Morgan fingerprint density at radius 3 is 2.95 bits per heavy atom. The van der Waals surface area contributed by atoms with Crippen LogP contribution in [0.3, 0.4) is 0 Å². The highest BCUT2D eigenvalue weighted by Gasteiger charge is 2.27. The van der Waals surface area contributed by atoms with Crippen molar-refractivity contribution in [1.82, 2.24) is 10.3 Å².